The van der Waals surface area contributed by atoms with Gasteiger partial charge in [0.1, 0.15) is 5.82 Å². The standard InChI is InChI=1S/C14H18FN5/c15-12-4-2-1-3-11(12)13-17-14(19-18-13)20-7-5-10(9-16)6-8-20/h1-4,10H,5-9,16H2,(H,17,18,19). The number of aromatic amines is 1. The summed E-state index contributed by atoms with van der Waals surface area (Å²) in [6, 6.07) is 6.56. The van der Waals surface area contributed by atoms with Crippen LogP contribution in [0.1, 0.15) is 12.8 Å². The van der Waals surface area contributed by atoms with Crippen LogP contribution in [0.5, 0.6) is 0 Å². The van der Waals surface area contributed by atoms with Crippen molar-refractivity contribution in [3.05, 3.63) is 30.1 Å². The van der Waals surface area contributed by atoms with Gasteiger partial charge in [0, 0.05) is 13.1 Å². The number of aromatic nitrogens is 3. The molecule has 1 fully saturated rings. The smallest absolute Gasteiger partial charge is 0.245 e. The van der Waals surface area contributed by atoms with E-state index in [0.717, 1.165) is 32.5 Å². The van der Waals surface area contributed by atoms with E-state index in [-0.39, 0.29) is 5.82 Å². The van der Waals surface area contributed by atoms with E-state index < -0.39 is 0 Å². The molecule has 0 spiro atoms. The predicted octanol–water partition coefficient (Wildman–Crippen LogP) is 1.79. The van der Waals surface area contributed by atoms with Crippen molar-refractivity contribution >= 4 is 5.95 Å². The van der Waals surface area contributed by atoms with Gasteiger partial charge in [0.25, 0.3) is 0 Å². The van der Waals surface area contributed by atoms with Crippen LogP contribution in [-0.2, 0) is 0 Å². The van der Waals surface area contributed by atoms with Crippen LogP contribution in [0, 0.1) is 11.7 Å². The number of halogens is 1. The molecular weight excluding hydrogens is 257 g/mol. The summed E-state index contributed by atoms with van der Waals surface area (Å²) >= 11 is 0. The summed E-state index contributed by atoms with van der Waals surface area (Å²) in [6.45, 7) is 2.54. The van der Waals surface area contributed by atoms with Crippen LogP contribution in [0.2, 0.25) is 0 Å². The highest BCUT2D eigenvalue weighted by atomic mass is 19.1. The third kappa shape index (κ3) is 2.51. The number of nitrogens with one attached hydrogen (secondary N) is 1. The molecule has 0 aliphatic carbocycles. The number of hydrogen-bond donors (Lipinski definition) is 2. The van der Waals surface area contributed by atoms with Crippen molar-refractivity contribution in [3.63, 3.8) is 0 Å². The molecule has 5 nitrogen and oxygen atoms in total. The Hall–Kier alpha value is -1.95. The Morgan fingerprint density at radius 2 is 2.05 bits per heavy atom. The molecule has 20 heavy (non-hydrogen) atoms. The number of anilines is 1. The number of rotatable bonds is 3. The highest BCUT2D eigenvalue weighted by Gasteiger charge is 2.21. The van der Waals surface area contributed by atoms with Crippen molar-refractivity contribution in [1.82, 2.24) is 15.2 Å². The zero-order valence-corrected chi connectivity index (χ0v) is 11.2. The zero-order chi connectivity index (χ0) is 13.9. The van der Waals surface area contributed by atoms with E-state index in [9.17, 15) is 4.39 Å². The van der Waals surface area contributed by atoms with Crippen LogP contribution < -0.4 is 10.6 Å². The monoisotopic (exact) mass is 275 g/mol. The molecule has 3 rings (SSSR count). The molecule has 3 N–H and O–H groups in total. The number of H-pyrrole nitrogens is 1. The van der Waals surface area contributed by atoms with Crippen molar-refractivity contribution < 1.29 is 4.39 Å². The minimum atomic E-state index is -0.294. The Labute approximate surface area is 117 Å². The lowest BCUT2D eigenvalue weighted by atomic mass is 9.97. The quantitative estimate of drug-likeness (QED) is 0.896. The summed E-state index contributed by atoms with van der Waals surface area (Å²) in [4.78, 5) is 6.52. The summed E-state index contributed by atoms with van der Waals surface area (Å²) in [5, 5.41) is 7.02. The molecule has 0 unspecified atom stereocenters. The van der Waals surface area contributed by atoms with Crippen molar-refractivity contribution in [2.24, 2.45) is 11.7 Å². The third-order valence-corrected chi connectivity index (χ3v) is 3.83. The fourth-order valence-corrected chi connectivity index (χ4v) is 2.54. The van der Waals surface area contributed by atoms with E-state index in [0.29, 0.717) is 23.3 Å². The molecule has 1 saturated heterocycles. The van der Waals surface area contributed by atoms with Gasteiger partial charge in [-0.05, 0) is 37.4 Å². The van der Waals surface area contributed by atoms with Crippen LogP contribution in [0.25, 0.3) is 11.4 Å². The normalized spacial score (nSPS) is 16.6. The fourth-order valence-electron chi connectivity index (χ4n) is 2.54. The minimum Gasteiger partial charge on any atom is -0.340 e. The topological polar surface area (TPSA) is 70.8 Å². The van der Waals surface area contributed by atoms with Crippen molar-refractivity contribution in [1.29, 1.82) is 0 Å². The summed E-state index contributed by atoms with van der Waals surface area (Å²) in [5.74, 6) is 1.41. The number of benzene rings is 1. The van der Waals surface area contributed by atoms with E-state index in [2.05, 4.69) is 20.1 Å². The van der Waals surface area contributed by atoms with E-state index in [1.165, 1.54) is 6.07 Å². The highest BCUT2D eigenvalue weighted by Crippen LogP contribution is 2.23. The minimum absolute atomic E-state index is 0.294. The summed E-state index contributed by atoms with van der Waals surface area (Å²) < 4.78 is 13.7. The zero-order valence-electron chi connectivity index (χ0n) is 11.2. The molecule has 0 atom stereocenters. The summed E-state index contributed by atoms with van der Waals surface area (Å²) in [5.41, 5.74) is 6.13. The lowest BCUT2D eigenvalue weighted by Gasteiger charge is -2.30. The molecule has 0 saturated carbocycles. The highest BCUT2D eigenvalue weighted by molar-refractivity contribution is 5.57. The molecular formula is C14H18FN5. The molecule has 6 heteroatoms. The van der Waals surface area contributed by atoms with E-state index in [1.807, 2.05) is 0 Å². The predicted molar refractivity (Wildman–Crippen MR) is 75.8 cm³/mol. The van der Waals surface area contributed by atoms with Crippen LogP contribution in [-0.4, -0.2) is 34.8 Å². The Kier molecular flexibility index (Phi) is 3.64. The Bertz CT molecular complexity index is 574. The van der Waals surface area contributed by atoms with Gasteiger partial charge in [-0.25, -0.2) is 4.39 Å². The first-order valence-corrected chi connectivity index (χ1v) is 6.90. The molecule has 0 amide bonds. The SMILES string of the molecule is NCC1CCN(c2n[nH]c(-c3ccccc3F)n2)CC1. The van der Waals surface area contributed by atoms with Crippen LogP contribution in [0.4, 0.5) is 10.3 Å². The maximum absolute atomic E-state index is 13.7. The van der Waals surface area contributed by atoms with E-state index in [4.69, 9.17) is 5.73 Å². The lowest BCUT2D eigenvalue weighted by molar-refractivity contribution is 0.411. The number of nitrogens with zero attached hydrogens (tertiary/aromatic N) is 3. The fraction of sp³-hybridized carbons (Fsp3) is 0.429. The van der Waals surface area contributed by atoms with Gasteiger partial charge in [-0.1, -0.05) is 12.1 Å². The van der Waals surface area contributed by atoms with Crippen molar-refractivity contribution in [2.75, 3.05) is 24.5 Å². The Morgan fingerprint density at radius 3 is 2.75 bits per heavy atom. The molecule has 0 radical (unpaired) electrons. The Balaban J connectivity index is 1.76. The van der Waals surface area contributed by atoms with Gasteiger partial charge in [-0.15, -0.1) is 5.10 Å². The van der Waals surface area contributed by atoms with Gasteiger partial charge in [-0.3, -0.25) is 5.10 Å². The average molecular weight is 275 g/mol. The molecule has 106 valence electrons. The van der Waals surface area contributed by atoms with Gasteiger partial charge in [0.15, 0.2) is 5.82 Å². The number of nitrogens with two attached hydrogens (primary N) is 1. The maximum Gasteiger partial charge on any atom is 0.245 e. The molecule has 1 aliphatic heterocycles. The van der Waals surface area contributed by atoms with Gasteiger partial charge in [-0.2, -0.15) is 4.98 Å². The molecule has 1 aromatic heterocycles. The molecule has 2 aromatic rings. The van der Waals surface area contributed by atoms with Crippen LogP contribution in [0.3, 0.4) is 0 Å². The molecule has 1 aliphatic rings. The van der Waals surface area contributed by atoms with Gasteiger partial charge >= 0.3 is 0 Å². The number of hydrogen-bond acceptors (Lipinski definition) is 4. The first-order valence-electron chi connectivity index (χ1n) is 6.90. The van der Waals surface area contributed by atoms with E-state index in [1.54, 1.807) is 18.2 Å². The first kappa shape index (κ1) is 13.1. The Morgan fingerprint density at radius 1 is 1.30 bits per heavy atom. The van der Waals surface area contributed by atoms with Crippen molar-refractivity contribution in [2.45, 2.75) is 12.8 Å². The third-order valence-electron chi connectivity index (χ3n) is 3.83. The second kappa shape index (κ2) is 5.58. The van der Waals surface area contributed by atoms with Gasteiger partial charge < -0.3 is 10.6 Å². The van der Waals surface area contributed by atoms with Crippen LogP contribution >= 0.6 is 0 Å². The summed E-state index contributed by atoms with van der Waals surface area (Å²) in [7, 11) is 0. The summed E-state index contributed by atoms with van der Waals surface area (Å²) in [6.07, 6.45) is 2.11. The first-order chi connectivity index (χ1) is 9.78. The lowest BCUT2D eigenvalue weighted by Crippen LogP contribution is -2.36. The van der Waals surface area contributed by atoms with E-state index >= 15 is 0 Å². The maximum atomic E-state index is 13.7. The van der Waals surface area contributed by atoms with Crippen molar-refractivity contribution in [3.8, 4) is 11.4 Å². The average Bonchev–Trinajstić information content (AvgIpc) is 2.97. The largest absolute Gasteiger partial charge is 0.340 e. The molecule has 0 bridgehead atoms. The molecule has 2 heterocycles. The second-order valence-electron chi connectivity index (χ2n) is 5.13. The van der Waals surface area contributed by atoms with Gasteiger partial charge in [0.2, 0.25) is 5.95 Å². The van der Waals surface area contributed by atoms with Gasteiger partial charge in [0.05, 0.1) is 5.56 Å². The number of piperidine rings is 1. The van der Waals surface area contributed by atoms with Crippen LogP contribution in [0.15, 0.2) is 24.3 Å². The second-order valence-corrected chi connectivity index (χ2v) is 5.13. The molecule has 1 aromatic carbocycles.